The normalized spacial score (nSPS) is 10.3. The van der Waals surface area contributed by atoms with Gasteiger partial charge in [-0.3, -0.25) is 4.98 Å². The number of pyridine rings is 1. The largest absolute Gasteiger partial charge is 0.332 e. The van der Waals surface area contributed by atoms with Gasteiger partial charge in [-0.25, -0.2) is 4.98 Å². The topological polar surface area (TPSA) is 54.5 Å². The first-order valence-electron chi connectivity index (χ1n) is 6.37. The fourth-order valence-electron chi connectivity index (χ4n) is 2.02. The molecule has 0 saturated heterocycles. The molecule has 5 heteroatoms. The van der Waals surface area contributed by atoms with Crippen LogP contribution < -0.4 is 0 Å². The Bertz CT molecular complexity index is 800. The second-order valence-electron chi connectivity index (χ2n) is 4.60. The third kappa shape index (κ3) is 3.10. The van der Waals surface area contributed by atoms with Crippen LogP contribution in [0.15, 0.2) is 55.1 Å². The van der Waals surface area contributed by atoms with Crippen molar-refractivity contribution in [1.82, 2.24) is 14.5 Å². The summed E-state index contributed by atoms with van der Waals surface area (Å²) < 4.78 is 1.97. The summed E-state index contributed by atoms with van der Waals surface area (Å²) in [5, 5.41) is 9.64. The molecule has 3 aromatic rings. The smallest absolute Gasteiger partial charge is 0.107 e. The quantitative estimate of drug-likeness (QED) is 0.742. The Kier molecular flexibility index (Phi) is 3.67. The van der Waals surface area contributed by atoms with Gasteiger partial charge in [0, 0.05) is 24.0 Å². The lowest BCUT2D eigenvalue weighted by molar-refractivity contribution is 0.797. The van der Waals surface area contributed by atoms with Crippen LogP contribution in [0.3, 0.4) is 0 Å². The van der Waals surface area contributed by atoms with E-state index in [1.54, 1.807) is 24.7 Å². The average Bonchev–Trinajstić information content (AvgIpc) is 2.98. The molecular weight excluding hydrogens is 284 g/mol. The Balaban J connectivity index is 1.83. The van der Waals surface area contributed by atoms with E-state index >= 15 is 0 Å². The minimum absolute atomic E-state index is 0.576. The molecule has 0 bridgehead atoms. The molecule has 0 aliphatic rings. The Morgan fingerprint density at radius 2 is 1.90 bits per heavy atom. The second-order valence-corrected chi connectivity index (χ2v) is 5.04. The number of hydrogen-bond donors (Lipinski definition) is 0. The van der Waals surface area contributed by atoms with Gasteiger partial charge in [0.15, 0.2) is 0 Å². The van der Waals surface area contributed by atoms with Gasteiger partial charge in [-0.15, -0.1) is 0 Å². The molecule has 2 heterocycles. The first kappa shape index (κ1) is 13.3. The van der Waals surface area contributed by atoms with E-state index < -0.39 is 0 Å². The van der Waals surface area contributed by atoms with Crippen molar-refractivity contribution in [2.24, 2.45) is 0 Å². The molecule has 21 heavy (non-hydrogen) atoms. The van der Waals surface area contributed by atoms with Crippen LogP contribution in [0.4, 0.5) is 0 Å². The first-order valence-corrected chi connectivity index (χ1v) is 6.75. The standard InChI is InChI=1S/C16H11ClN4/c17-14-3-1-12(2-4-14)9-21-10-16(20-11-21)15-7-13(8-18)5-6-19-15/h1-7,10-11H,9H2. The maximum absolute atomic E-state index is 8.92. The Hall–Kier alpha value is -2.64. The van der Waals surface area contributed by atoms with Crippen molar-refractivity contribution in [3.63, 3.8) is 0 Å². The lowest BCUT2D eigenvalue weighted by Crippen LogP contribution is -1.95. The summed E-state index contributed by atoms with van der Waals surface area (Å²) in [7, 11) is 0. The minimum atomic E-state index is 0.576. The fourth-order valence-corrected chi connectivity index (χ4v) is 2.15. The summed E-state index contributed by atoms with van der Waals surface area (Å²) in [5.41, 5.74) is 3.17. The van der Waals surface area contributed by atoms with E-state index in [1.165, 1.54) is 0 Å². The van der Waals surface area contributed by atoms with Crippen LogP contribution in [0.2, 0.25) is 5.02 Å². The van der Waals surface area contributed by atoms with Crippen LogP contribution in [-0.2, 0) is 6.54 Å². The van der Waals surface area contributed by atoms with E-state index in [1.807, 2.05) is 35.0 Å². The molecule has 102 valence electrons. The van der Waals surface area contributed by atoms with Crippen molar-refractivity contribution in [3.8, 4) is 17.5 Å². The molecule has 0 atom stereocenters. The number of hydrogen-bond acceptors (Lipinski definition) is 3. The zero-order chi connectivity index (χ0) is 14.7. The third-order valence-electron chi connectivity index (χ3n) is 3.06. The van der Waals surface area contributed by atoms with E-state index in [9.17, 15) is 0 Å². The molecule has 3 rings (SSSR count). The van der Waals surface area contributed by atoms with Gasteiger partial charge in [-0.1, -0.05) is 23.7 Å². The van der Waals surface area contributed by atoms with Gasteiger partial charge in [0.05, 0.1) is 23.7 Å². The number of halogens is 1. The summed E-state index contributed by atoms with van der Waals surface area (Å²) in [6.45, 7) is 0.710. The number of benzene rings is 1. The highest BCUT2D eigenvalue weighted by molar-refractivity contribution is 6.30. The highest BCUT2D eigenvalue weighted by Gasteiger charge is 2.05. The lowest BCUT2D eigenvalue weighted by atomic mass is 10.2. The third-order valence-corrected chi connectivity index (χ3v) is 3.32. The van der Waals surface area contributed by atoms with Crippen LogP contribution in [0.25, 0.3) is 11.4 Å². The van der Waals surface area contributed by atoms with Crippen LogP contribution in [0, 0.1) is 11.3 Å². The monoisotopic (exact) mass is 294 g/mol. The molecular formula is C16H11ClN4. The van der Waals surface area contributed by atoms with E-state index in [4.69, 9.17) is 16.9 Å². The zero-order valence-electron chi connectivity index (χ0n) is 11.1. The molecule has 0 radical (unpaired) electrons. The molecule has 0 saturated carbocycles. The number of nitriles is 1. The Morgan fingerprint density at radius 3 is 2.67 bits per heavy atom. The predicted octanol–water partition coefficient (Wildman–Crippen LogP) is 3.52. The Morgan fingerprint density at radius 1 is 1.10 bits per heavy atom. The van der Waals surface area contributed by atoms with Crippen LogP contribution >= 0.6 is 11.6 Å². The molecule has 4 nitrogen and oxygen atoms in total. The summed E-state index contributed by atoms with van der Waals surface area (Å²) >= 11 is 5.87. The molecule has 0 N–H and O–H groups in total. The Labute approximate surface area is 127 Å². The summed E-state index contributed by atoms with van der Waals surface area (Å²) in [4.78, 5) is 8.59. The average molecular weight is 295 g/mol. The predicted molar refractivity (Wildman–Crippen MR) is 80.7 cm³/mol. The van der Waals surface area contributed by atoms with E-state index in [0.29, 0.717) is 17.8 Å². The van der Waals surface area contributed by atoms with Crippen molar-refractivity contribution < 1.29 is 0 Å². The maximum Gasteiger partial charge on any atom is 0.107 e. The number of aromatic nitrogens is 3. The van der Waals surface area contributed by atoms with Crippen LogP contribution in [0.5, 0.6) is 0 Å². The first-order chi connectivity index (χ1) is 10.2. The van der Waals surface area contributed by atoms with Gasteiger partial charge in [0.25, 0.3) is 0 Å². The lowest BCUT2D eigenvalue weighted by Gasteiger charge is -2.02. The highest BCUT2D eigenvalue weighted by Crippen LogP contribution is 2.16. The minimum Gasteiger partial charge on any atom is -0.332 e. The van der Waals surface area contributed by atoms with E-state index in [2.05, 4.69) is 16.0 Å². The summed E-state index contributed by atoms with van der Waals surface area (Å²) in [5.74, 6) is 0. The number of rotatable bonds is 3. The van der Waals surface area contributed by atoms with Crippen LogP contribution in [0.1, 0.15) is 11.1 Å². The molecule has 0 aliphatic heterocycles. The van der Waals surface area contributed by atoms with Gasteiger partial charge >= 0.3 is 0 Å². The SMILES string of the molecule is N#Cc1ccnc(-c2cn(Cc3ccc(Cl)cc3)cn2)c1. The maximum atomic E-state index is 8.92. The van der Waals surface area contributed by atoms with Crippen molar-refractivity contribution >= 4 is 11.6 Å². The number of nitrogens with zero attached hydrogens (tertiary/aromatic N) is 4. The van der Waals surface area contributed by atoms with Gasteiger partial charge in [0.2, 0.25) is 0 Å². The fraction of sp³-hybridized carbons (Fsp3) is 0.0625. The van der Waals surface area contributed by atoms with Crippen molar-refractivity contribution in [1.29, 1.82) is 5.26 Å². The van der Waals surface area contributed by atoms with Gasteiger partial charge < -0.3 is 4.57 Å². The zero-order valence-corrected chi connectivity index (χ0v) is 11.8. The van der Waals surface area contributed by atoms with Gasteiger partial charge in [-0.05, 0) is 29.8 Å². The molecule has 0 spiro atoms. The van der Waals surface area contributed by atoms with Crippen LogP contribution in [-0.4, -0.2) is 14.5 Å². The molecule has 0 aliphatic carbocycles. The van der Waals surface area contributed by atoms with Gasteiger partial charge in [-0.2, -0.15) is 5.26 Å². The summed E-state index contributed by atoms with van der Waals surface area (Å²) in [6.07, 6.45) is 5.29. The molecule has 0 amide bonds. The van der Waals surface area contributed by atoms with E-state index in [0.717, 1.165) is 16.3 Å². The number of imidazole rings is 1. The van der Waals surface area contributed by atoms with Crippen molar-refractivity contribution in [3.05, 3.63) is 71.3 Å². The molecule has 2 aromatic heterocycles. The molecule has 0 unspecified atom stereocenters. The van der Waals surface area contributed by atoms with E-state index in [-0.39, 0.29) is 0 Å². The van der Waals surface area contributed by atoms with Gasteiger partial charge in [0.1, 0.15) is 5.69 Å². The second kappa shape index (κ2) is 5.78. The van der Waals surface area contributed by atoms with Crippen molar-refractivity contribution in [2.75, 3.05) is 0 Å². The van der Waals surface area contributed by atoms with Crippen molar-refractivity contribution in [2.45, 2.75) is 6.54 Å². The highest BCUT2D eigenvalue weighted by atomic mass is 35.5. The summed E-state index contributed by atoms with van der Waals surface area (Å²) in [6, 6.07) is 13.2. The molecule has 1 aromatic carbocycles. The molecule has 0 fully saturated rings.